The van der Waals surface area contributed by atoms with E-state index in [1.165, 1.54) is 18.4 Å². The average molecular weight is 503 g/mol. The second-order valence-electron chi connectivity index (χ2n) is 7.88. The van der Waals surface area contributed by atoms with Gasteiger partial charge in [-0.25, -0.2) is 4.79 Å². The minimum Gasteiger partial charge on any atom is -0.481 e. The summed E-state index contributed by atoms with van der Waals surface area (Å²) in [6.07, 6.45) is -0.537. The van der Waals surface area contributed by atoms with Crippen LogP contribution in [0.1, 0.15) is 33.9 Å². The van der Waals surface area contributed by atoms with Crippen LogP contribution in [-0.2, 0) is 11.0 Å². The van der Waals surface area contributed by atoms with Crippen LogP contribution in [0.4, 0.5) is 18.0 Å². The van der Waals surface area contributed by atoms with Gasteiger partial charge in [-0.15, -0.1) is 0 Å². The van der Waals surface area contributed by atoms with Crippen molar-refractivity contribution in [2.45, 2.75) is 24.7 Å². The van der Waals surface area contributed by atoms with Crippen molar-refractivity contribution < 1.29 is 42.1 Å². The number of hydrogen-bond donors (Lipinski definition) is 4. The molecule has 2 aliphatic heterocycles. The van der Waals surface area contributed by atoms with Gasteiger partial charge in [0.1, 0.15) is 6.04 Å². The second kappa shape index (κ2) is 10.0. The van der Waals surface area contributed by atoms with Gasteiger partial charge in [-0.05, 0) is 48.2 Å². The summed E-state index contributed by atoms with van der Waals surface area (Å²) in [5.74, 6) is -0.823. The topological polar surface area (TPSA) is 126 Å². The van der Waals surface area contributed by atoms with Crippen molar-refractivity contribution >= 4 is 17.8 Å². The van der Waals surface area contributed by atoms with E-state index in [1.54, 1.807) is 18.2 Å². The summed E-state index contributed by atoms with van der Waals surface area (Å²) in [6.45, 7) is 0.0271. The fourth-order valence-corrected chi connectivity index (χ4v) is 3.69. The number of halogens is 3. The third kappa shape index (κ3) is 5.59. The molecule has 36 heavy (non-hydrogen) atoms. The van der Waals surface area contributed by atoms with Crippen LogP contribution in [0.25, 0.3) is 0 Å². The van der Waals surface area contributed by atoms with E-state index in [2.05, 4.69) is 16.0 Å². The van der Waals surface area contributed by atoms with Gasteiger partial charge in [0.25, 0.3) is 0 Å². The molecule has 0 aliphatic carbocycles. The smallest absolute Gasteiger partial charge is 0.416 e. The van der Waals surface area contributed by atoms with Crippen molar-refractivity contribution in [2.75, 3.05) is 6.79 Å². The largest absolute Gasteiger partial charge is 0.481 e. The first-order chi connectivity index (χ1) is 17.1. The molecule has 0 radical (unpaired) electrons. The monoisotopic (exact) mass is 503 g/mol. The molecule has 0 spiro atoms. The van der Waals surface area contributed by atoms with Gasteiger partial charge in [-0.2, -0.15) is 13.2 Å². The third-order valence-electron chi connectivity index (χ3n) is 5.45. The lowest BCUT2D eigenvalue weighted by Crippen LogP contribution is -2.46. The van der Waals surface area contributed by atoms with Crippen LogP contribution in [0.3, 0.4) is 0 Å². The zero-order chi connectivity index (χ0) is 25.9. The summed E-state index contributed by atoms with van der Waals surface area (Å²) in [5.41, 5.74) is -0.297. The molecule has 4 N–H and O–H groups in total. The first-order valence-corrected chi connectivity index (χ1v) is 10.6. The number of amides is 2. The summed E-state index contributed by atoms with van der Waals surface area (Å²) in [4.78, 5) is 37.1. The summed E-state index contributed by atoms with van der Waals surface area (Å²) < 4.78 is 49.0. The number of ether oxygens (including phenoxy) is 2. The fraction of sp³-hybridized carbons (Fsp3) is 0.208. The van der Waals surface area contributed by atoms with Crippen LogP contribution in [-0.4, -0.2) is 35.7 Å². The number of carbonyl (C=O) groups excluding carboxylic acids is 2. The molecule has 0 fully saturated rings. The summed E-state index contributed by atoms with van der Waals surface area (Å²) in [5, 5.41) is 17.2. The highest BCUT2D eigenvalue weighted by Crippen LogP contribution is 2.35. The van der Waals surface area contributed by atoms with Crippen molar-refractivity contribution in [2.24, 2.45) is 0 Å². The SMILES string of the molecule is O=C(O)C[C@H](NC(=O)NC1=CC=CNC1C(=O)c1ccc(C(F)(F)F)cc1)c1ccc2c(c1)OCO2. The third-order valence-corrected chi connectivity index (χ3v) is 5.45. The Kier molecular flexibility index (Phi) is 6.86. The predicted molar refractivity (Wildman–Crippen MR) is 119 cm³/mol. The number of aliphatic carboxylic acids is 1. The Morgan fingerprint density at radius 2 is 1.81 bits per heavy atom. The van der Waals surface area contributed by atoms with Crippen LogP contribution in [0.5, 0.6) is 11.5 Å². The van der Waals surface area contributed by atoms with Crippen molar-refractivity contribution in [3.8, 4) is 11.5 Å². The molecule has 0 saturated carbocycles. The van der Waals surface area contributed by atoms with Gasteiger partial charge >= 0.3 is 18.2 Å². The number of ketones is 1. The second-order valence-corrected chi connectivity index (χ2v) is 7.88. The molecule has 2 aromatic rings. The normalized spacial score (nSPS) is 17.0. The number of dihydropyridines is 1. The van der Waals surface area contributed by atoms with Crippen LogP contribution in [0.15, 0.2) is 66.5 Å². The maximum absolute atomic E-state index is 13.0. The number of alkyl halides is 3. The van der Waals surface area contributed by atoms with Crippen LogP contribution < -0.4 is 25.4 Å². The van der Waals surface area contributed by atoms with Crippen LogP contribution >= 0.6 is 0 Å². The van der Waals surface area contributed by atoms with Gasteiger partial charge in [0.05, 0.1) is 18.0 Å². The Morgan fingerprint density at radius 3 is 2.50 bits per heavy atom. The van der Waals surface area contributed by atoms with E-state index in [4.69, 9.17) is 9.47 Å². The molecule has 2 aliphatic rings. The number of hydrogen-bond acceptors (Lipinski definition) is 6. The number of carbonyl (C=O) groups is 3. The molecule has 9 nitrogen and oxygen atoms in total. The number of nitrogens with one attached hydrogen (secondary N) is 3. The predicted octanol–water partition coefficient (Wildman–Crippen LogP) is 3.50. The van der Waals surface area contributed by atoms with E-state index in [9.17, 15) is 32.7 Å². The molecule has 2 aromatic carbocycles. The van der Waals surface area contributed by atoms with Gasteiger partial charge < -0.3 is 30.5 Å². The van der Waals surface area contributed by atoms with E-state index in [0.29, 0.717) is 17.1 Å². The number of urea groups is 1. The lowest BCUT2D eigenvalue weighted by molar-refractivity contribution is -0.138. The van der Waals surface area contributed by atoms with Gasteiger partial charge in [0.15, 0.2) is 17.3 Å². The summed E-state index contributed by atoms with van der Waals surface area (Å²) in [7, 11) is 0. The van der Waals surface area contributed by atoms with Crippen molar-refractivity contribution in [3.63, 3.8) is 0 Å². The molecule has 188 valence electrons. The number of benzene rings is 2. The Morgan fingerprint density at radius 1 is 1.08 bits per heavy atom. The minimum atomic E-state index is -4.54. The van der Waals surface area contributed by atoms with Crippen molar-refractivity contribution in [1.29, 1.82) is 0 Å². The number of carboxylic acids is 1. The zero-order valence-corrected chi connectivity index (χ0v) is 18.5. The van der Waals surface area contributed by atoms with Gasteiger partial charge in [-0.3, -0.25) is 9.59 Å². The quantitative estimate of drug-likeness (QED) is 0.426. The number of allylic oxidation sites excluding steroid dienone is 2. The molecular weight excluding hydrogens is 483 g/mol. The first kappa shape index (κ1) is 24.6. The van der Waals surface area contributed by atoms with E-state index >= 15 is 0 Å². The van der Waals surface area contributed by atoms with Gasteiger partial charge in [-0.1, -0.05) is 18.2 Å². The average Bonchev–Trinajstić information content (AvgIpc) is 3.31. The van der Waals surface area contributed by atoms with Crippen LogP contribution in [0, 0.1) is 0 Å². The van der Waals surface area contributed by atoms with Gasteiger partial charge in [0.2, 0.25) is 6.79 Å². The summed E-state index contributed by atoms with van der Waals surface area (Å²) >= 11 is 0. The number of fused-ring (bicyclic) bond motifs is 1. The number of rotatable bonds is 7. The maximum atomic E-state index is 13.0. The lowest BCUT2D eigenvalue weighted by atomic mass is 9.98. The Labute approximate surface area is 202 Å². The molecule has 0 aromatic heterocycles. The van der Waals surface area contributed by atoms with E-state index in [0.717, 1.165) is 24.3 Å². The highest BCUT2D eigenvalue weighted by Gasteiger charge is 2.32. The molecule has 0 bridgehead atoms. The van der Waals surface area contributed by atoms with Crippen molar-refractivity contribution in [1.82, 2.24) is 16.0 Å². The molecule has 1 unspecified atom stereocenters. The highest BCUT2D eigenvalue weighted by molar-refractivity contribution is 6.02. The molecule has 4 rings (SSSR count). The molecule has 12 heteroatoms. The van der Waals surface area contributed by atoms with E-state index in [1.807, 2.05) is 0 Å². The summed E-state index contributed by atoms with van der Waals surface area (Å²) in [6, 6.07) is 5.69. The fourth-order valence-electron chi connectivity index (χ4n) is 3.69. The van der Waals surface area contributed by atoms with Crippen molar-refractivity contribution in [3.05, 3.63) is 83.2 Å². The van der Waals surface area contributed by atoms with E-state index in [-0.39, 0.29) is 18.1 Å². The molecule has 0 saturated heterocycles. The molecule has 2 atom stereocenters. The Balaban J connectivity index is 1.47. The molecular formula is C24H20F3N3O6. The first-order valence-electron chi connectivity index (χ1n) is 10.6. The number of Topliss-reactive ketones (excluding diaryl/α,β-unsaturated/α-hetero) is 1. The van der Waals surface area contributed by atoms with Gasteiger partial charge in [0, 0.05) is 11.3 Å². The Hall–Kier alpha value is -4.48. The Bertz CT molecular complexity index is 1240. The highest BCUT2D eigenvalue weighted by atomic mass is 19.4. The molecule has 2 heterocycles. The lowest BCUT2D eigenvalue weighted by Gasteiger charge is -2.24. The van der Waals surface area contributed by atoms with Crippen LogP contribution in [0.2, 0.25) is 0 Å². The number of carboxylic acid groups (broad SMARTS) is 1. The van der Waals surface area contributed by atoms with E-state index < -0.39 is 48.0 Å². The standard InChI is InChI=1S/C24H20F3N3O6/c25-24(26,27)15-6-3-13(4-7-15)22(33)21-16(2-1-9-28-21)29-23(34)30-17(11-20(31)32)14-5-8-18-19(10-14)36-12-35-18/h1-10,17,21,28H,11-12H2,(H,31,32)(H2,29,30,34)/t17-,21?/m0/s1. The molecule has 2 amide bonds. The minimum absolute atomic E-state index is 0.00743. The maximum Gasteiger partial charge on any atom is 0.416 e. The zero-order valence-electron chi connectivity index (χ0n) is 18.5.